The van der Waals surface area contributed by atoms with E-state index in [0.29, 0.717) is 24.5 Å². The number of nitrogens with one attached hydrogen (secondary N) is 1. The van der Waals surface area contributed by atoms with Crippen molar-refractivity contribution in [3.63, 3.8) is 0 Å². The van der Waals surface area contributed by atoms with Crippen molar-refractivity contribution in [2.75, 3.05) is 20.8 Å². The molecule has 2 aromatic heterocycles. The Labute approximate surface area is 215 Å². The number of nitrogens with zero attached hydrogens (tertiary/aromatic N) is 4. The Morgan fingerprint density at radius 2 is 1.81 bits per heavy atom. The molecule has 0 aliphatic heterocycles. The van der Waals surface area contributed by atoms with Gasteiger partial charge in [0.1, 0.15) is 5.75 Å². The molecule has 36 heavy (non-hydrogen) atoms. The molecule has 0 aliphatic rings. The average Bonchev–Trinajstić information content (AvgIpc) is 3.36. The number of hydrogen-bond acceptors (Lipinski definition) is 7. The minimum atomic E-state index is -0.109. The minimum Gasteiger partial charge on any atom is -0.497 e. The van der Waals surface area contributed by atoms with Gasteiger partial charge >= 0.3 is 0 Å². The summed E-state index contributed by atoms with van der Waals surface area (Å²) in [4.78, 5) is 16.5. The van der Waals surface area contributed by atoms with Crippen molar-refractivity contribution in [3.8, 4) is 17.1 Å². The summed E-state index contributed by atoms with van der Waals surface area (Å²) in [6.07, 6.45) is 3.43. The van der Waals surface area contributed by atoms with Gasteiger partial charge in [-0.15, -0.1) is 10.2 Å². The number of pyridine rings is 1. The SMILES string of the molecule is COCC(C)n1c(SCc2ccc(C(=O)NCc3ccncc3)cc2)nnc1-c1cccc(OC)c1. The highest BCUT2D eigenvalue weighted by Gasteiger charge is 2.20. The first-order valence-electron chi connectivity index (χ1n) is 11.6. The van der Waals surface area contributed by atoms with E-state index in [1.807, 2.05) is 60.7 Å². The molecular formula is C27H29N5O3S. The standard InChI is InChI=1S/C27H29N5O3S/c1-19(17-34-2)32-25(23-5-4-6-24(15-23)35-3)30-31-27(32)36-18-21-7-9-22(10-8-21)26(33)29-16-20-11-13-28-14-12-20/h4-15,19H,16-18H2,1-3H3,(H,29,33). The van der Waals surface area contributed by atoms with Crippen molar-refractivity contribution in [1.29, 1.82) is 0 Å². The maximum atomic E-state index is 12.5. The second-order valence-corrected chi connectivity index (χ2v) is 9.18. The summed E-state index contributed by atoms with van der Waals surface area (Å²) >= 11 is 1.60. The van der Waals surface area contributed by atoms with Crippen molar-refractivity contribution >= 4 is 17.7 Å². The maximum absolute atomic E-state index is 12.5. The van der Waals surface area contributed by atoms with Gasteiger partial charge in [-0.05, 0) is 54.4 Å². The number of aromatic nitrogens is 4. The highest BCUT2D eigenvalue weighted by atomic mass is 32.2. The fourth-order valence-electron chi connectivity index (χ4n) is 3.73. The van der Waals surface area contributed by atoms with Crippen LogP contribution in [0, 0.1) is 0 Å². The molecule has 0 aliphatic carbocycles. The van der Waals surface area contributed by atoms with Gasteiger partial charge in [0.15, 0.2) is 11.0 Å². The number of thioether (sulfide) groups is 1. The molecule has 9 heteroatoms. The molecule has 0 fully saturated rings. The Morgan fingerprint density at radius 3 is 2.53 bits per heavy atom. The van der Waals surface area contributed by atoms with Crippen molar-refractivity contribution in [3.05, 3.63) is 89.7 Å². The van der Waals surface area contributed by atoms with Crippen LogP contribution in [0.25, 0.3) is 11.4 Å². The molecule has 1 N–H and O–H groups in total. The monoisotopic (exact) mass is 503 g/mol. The first-order chi connectivity index (χ1) is 17.6. The van der Waals surface area contributed by atoms with Gasteiger partial charge in [-0.2, -0.15) is 0 Å². The number of ether oxygens (including phenoxy) is 2. The van der Waals surface area contributed by atoms with E-state index in [9.17, 15) is 4.79 Å². The summed E-state index contributed by atoms with van der Waals surface area (Å²) in [6.45, 7) is 3.08. The topological polar surface area (TPSA) is 91.2 Å². The number of amides is 1. The van der Waals surface area contributed by atoms with Gasteiger partial charge in [-0.3, -0.25) is 14.3 Å². The van der Waals surface area contributed by atoms with Gasteiger partial charge < -0.3 is 14.8 Å². The van der Waals surface area contributed by atoms with Crippen LogP contribution in [0.5, 0.6) is 5.75 Å². The van der Waals surface area contributed by atoms with E-state index < -0.39 is 0 Å². The number of carbonyl (C=O) groups excluding carboxylic acids is 1. The number of rotatable bonds is 11. The van der Waals surface area contributed by atoms with Crippen molar-refractivity contribution in [2.45, 2.75) is 30.4 Å². The molecule has 0 saturated heterocycles. The lowest BCUT2D eigenvalue weighted by atomic mass is 10.1. The van der Waals surface area contributed by atoms with Crippen LogP contribution < -0.4 is 10.1 Å². The lowest BCUT2D eigenvalue weighted by Crippen LogP contribution is -2.22. The zero-order chi connectivity index (χ0) is 25.3. The fraction of sp³-hybridized carbons (Fsp3) is 0.259. The fourth-order valence-corrected chi connectivity index (χ4v) is 4.73. The van der Waals surface area contributed by atoms with Crippen LogP contribution in [0.2, 0.25) is 0 Å². The Morgan fingerprint density at radius 1 is 1.03 bits per heavy atom. The normalized spacial score (nSPS) is 11.8. The van der Waals surface area contributed by atoms with E-state index in [0.717, 1.165) is 33.4 Å². The van der Waals surface area contributed by atoms with Gasteiger partial charge in [0, 0.05) is 42.9 Å². The Hall–Kier alpha value is -3.69. The van der Waals surface area contributed by atoms with E-state index >= 15 is 0 Å². The molecule has 2 aromatic carbocycles. The van der Waals surface area contributed by atoms with Crippen LogP contribution in [-0.2, 0) is 17.0 Å². The number of carbonyl (C=O) groups is 1. The van der Waals surface area contributed by atoms with Crippen molar-refractivity contribution in [2.24, 2.45) is 0 Å². The van der Waals surface area contributed by atoms with Crippen LogP contribution in [0.4, 0.5) is 0 Å². The molecule has 1 unspecified atom stereocenters. The molecular weight excluding hydrogens is 474 g/mol. The molecule has 4 rings (SSSR count). The summed E-state index contributed by atoms with van der Waals surface area (Å²) in [6, 6.07) is 19.2. The zero-order valence-corrected chi connectivity index (χ0v) is 21.4. The smallest absolute Gasteiger partial charge is 0.251 e. The van der Waals surface area contributed by atoms with E-state index in [1.54, 1.807) is 38.4 Å². The van der Waals surface area contributed by atoms with Crippen LogP contribution >= 0.6 is 11.8 Å². The van der Waals surface area contributed by atoms with Gasteiger partial charge in [-0.25, -0.2) is 0 Å². The summed E-state index contributed by atoms with van der Waals surface area (Å²) in [5.41, 5.74) is 3.64. The number of hydrogen-bond donors (Lipinski definition) is 1. The van der Waals surface area contributed by atoms with E-state index in [1.165, 1.54) is 0 Å². The molecule has 0 spiro atoms. The van der Waals surface area contributed by atoms with Gasteiger partial charge in [0.05, 0.1) is 19.8 Å². The van der Waals surface area contributed by atoms with Crippen LogP contribution in [-0.4, -0.2) is 46.5 Å². The highest BCUT2D eigenvalue weighted by molar-refractivity contribution is 7.98. The van der Waals surface area contributed by atoms with Crippen molar-refractivity contribution < 1.29 is 14.3 Å². The van der Waals surface area contributed by atoms with Crippen molar-refractivity contribution in [1.82, 2.24) is 25.1 Å². The van der Waals surface area contributed by atoms with Gasteiger partial charge in [-0.1, -0.05) is 36.0 Å². The van der Waals surface area contributed by atoms with Crippen LogP contribution in [0.15, 0.2) is 78.2 Å². The predicted molar refractivity (Wildman–Crippen MR) is 140 cm³/mol. The first-order valence-corrected chi connectivity index (χ1v) is 12.5. The zero-order valence-electron chi connectivity index (χ0n) is 20.5. The molecule has 1 atom stereocenters. The summed E-state index contributed by atoms with van der Waals surface area (Å²) < 4.78 is 12.9. The van der Waals surface area contributed by atoms with Crippen LogP contribution in [0.3, 0.4) is 0 Å². The minimum absolute atomic E-state index is 0.0418. The molecule has 2 heterocycles. The third kappa shape index (κ3) is 6.30. The Kier molecular flexibility index (Phi) is 8.70. The number of methoxy groups -OCH3 is 2. The molecule has 186 valence electrons. The molecule has 4 aromatic rings. The second kappa shape index (κ2) is 12.3. The quantitative estimate of drug-likeness (QED) is 0.295. The van der Waals surface area contributed by atoms with E-state index in [4.69, 9.17) is 9.47 Å². The third-order valence-electron chi connectivity index (χ3n) is 5.63. The molecule has 0 radical (unpaired) electrons. The molecule has 0 saturated carbocycles. The Balaban J connectivity index is 1.44. The summed E-state index contributed by atoms with van der Waals surface area (Å²) in [7, 11) is 3.34. The lowest BCUT2D eigenvalue weighted by Gasteiger charge is -2.17. The second-order valence-electron chi connectivity index (χ2n) is 8.24. The number of benzene rings is 2. The molecule has 8 nitrogen and oxygen atoms in total. The highest BCUT2D eigenvalue weighted by Crippen LogP contribution is 2.31. The van der Waals surface area contributed by atoms with E-state index in [-0.39, 0.29) is 11.9 Å². The molecule has 1 amide bonds. The lowest BCUT2D eigenvalue weighted by molar-refractivity contribution is 0.0951. The summed E-state index contributed by atoms with van der Waals surface area (Å²) in [5.74, 6) is 2.11. The van der Waals surface area contributed by atoms with Gasteiger partial charge in [0.25, 0.3) is 5.91 Å². The Bertz CT molecular complexity index is 1280. The van der Waals surface area contributed by atoms with E-state index in [2.05, 4.69) is 32.0 Å². The maximum Gasteiger partial charge on any atom is 0.251 e. The first kappa shape index (κ1) is 25.4. The molecule has 0 bridgehead atoms. The summed E-state index contributed by atoms with van der Waals surface area (Å²) in [5, 5.41) is 12.7. The average molecular weight is 504 g/mol. The third-order valence-corrected chi connectivity index (χ3v) is 6.64. The largest absolute Gasteiger partial charge is 0.497 e. The predicted octanol–water partition coefficient (Wildman–Crippen LogP) is 4.78. The van der Waals surface area contributed by atoms with Gasteiger partial charge in [0.2, 0.25) is 0 Å². The van der Waals surface area contributed by atoms with Crippen LogP contribution in [0.1, 0.15) is 34.5 Å².